The van der Waals surface area contributed by atoms with Gasteiger partial charge in [-0.15, -0.1) is 11.3 Å². The van der Waals surface area contributed by atoms with Crippen LogP contribution in [-0.2, 0) is 4.74 Å². The molecule has 4 rings (SSSR count). The van der Waals surface area contributed by atoms with Crippen molar-refractivity contribution in [2.24, 2.45) is 0 Å². The number of nitrogen functional groups attached to an aromatic ring is 1. The molecule has 1 aliphatic rings. The molecular formula is C19H21N5O3S. The number of thiophene rings is 1. The highest BCUT2D eigenvalue weighted by atomic mass is 32.1. The molecule has 0 spiro atoms. The first-order valence-electron chi connectivity index (χ1n) is 9.16. The summed E-state index contributed by atoms with van der Waals surface area (Å²) in [4.78, 5) is 14.3. The number of nitrogens with two attached hydrogens (primary N) is 1. The Labute approximate surface area is 166 Å². The van der Waals surface area contributed by atoms with Crippen LogP contribution in [0.5, 0.6) is 0 Å². The summed E-state index contributed by atoms with van der Waals surface area (Å²) in [6.45, 7) is 2.13. The first-order valence-corrected chi connectivity index (χ1v) is 10.0. The van der Waals surface area contributed by atoms with E-state index in [1.54, 1.807) is 4.57 Å². The number of nitrogens with zero attached hydrogens (tertiary/aromatic N) is 4. The lowest BCUT2D eigenvalue weighted by atomic mass is 10.2. The van der Waals surface area contributed by atoms with Gasteiger partial charge in [0.05, 0.1) is 11.5 Å². The Kier molecular flexibility index (Phi) is 5.28. The molecule has 0 radical (unpaired) electrons. The molecule has 8 nitrogen and oxygen atoms in total. The van der Waals surface area contributed by atoms with Crippen LogP contribution in [0.15, 0.2) is 17.5 Å². The average molecular weight is 399 g/mol. The summed E-state index contributed by atoms with van der Waals surface area (Å²) < 4.78 is 7.33. The molecule has 9 heteroatoms. The second-order valence-electron chi connectivity index (χ2n) is 6.57. The zero-order valence-corrected chi connectivity index (χ0v) is 16.2. The quantitative estimate of drug-likeness (QED) is 0.453. The van der Waals surface area contributed by atoms with E-state index < -0.39 is 18.4 Å². The normalized spacial score (nSPS) is 21.8. The van der Waals surface area contributed by atoms with Gasteiger partial charge in [-0.25, -0.2) is 15.0 Å². The Balaban J connectivity index is 1.88. The summed E-state index contributed by atoms with van der Waals surface area (Å²) in [7, 11) is 0. The first kappa shape index (κ1) is 18.8. The van der Waals surface area contributed by atoms with Crippen LogP contribution >= 0.6 is 11.3 Å². The lowest BCUT2D eigenvalue weighted by Crippen LogP contribution is -2.28. The van der Waals surface area contributed by atoms with Crippen molar-refractivity contribution in [1.29, 1.82) is 0 Å². The van der Waals surface area contributed by atoms with Gasteiger partial charge in [-0.3, -0.25) is 4.57 Å². The number of imidazole rings is 1. The molecule has 0 unspecified atom stereocenters. The van der Waals surface area contributed by atoms with Crippen LogP contribution in [0.1, 0.15) is 38.2 Å². The monoisotopic (exact) mass is 399 g/mol. The van der Waals surface area contributed by atoms with Gasteiger partial charge in [0.15, 0.2) is 29.0 Å². The second kappa shape index (κ2) is 7.85. The number of hydrogen-bond donors (Lipinski definition) is 3. The Hall–Kier alpha value is -2.51. The molecule has 0 aliphatic carbocycles. The fourth-order valence-electron chi connectivity index (χ4n) is 3.09. The molecule has 146 valence electrons. The van der Waals surface area contributed by atoms with Gasteiger partial charge >= 0.3 is 0 Å². The van der Waals surface area contributed by atoms with E-state index in [9.17, 15) is 10.2 Å². The molecule has 4 N–H and O–H groups in total. The fraction of sp³-hybridized carbons (Fsp3) is 0.421. The Morgan fingerprint density at radius 3 is 2.89 bits per heavy atom. The van der Waals surface area contributed by atoms with Gasteiger partial charge in [0.1, 0.15) is 12.2 Å². The maximum Gasteiger partial charge on any atom is 0.208 e. The molecule has 0 saturated carbocycles. The number of ether oxygens (including phenoxy) is 1. The predicted molar refractivity (Wildman–Crippen MR) is 106 cm³/mol. The molecule has 3 aromatic heterocycles. The highest BCUT2D eigenvalue weighted by Crippen LogP contribution is 2.36. The molecule has 1 fully saturated rings. The number of unbranched alkanes of at least 4 members (excludes halogenated alkanes) is 2. The molecule has 0 bridgehead atoms. The molecule has 3 atom stereocenters. The third-order valence-corrected chi connectivity index (χ3v) is 5.41. The summed E-state index contributed by atoms with van der Waals surface area (Å²) in [5, 5.41) is 22.3. The zero-order chi connectivity index (χ0) is 19.7. The minimum atomic E-state index is -1.11. The van der Waals surface area contributed by atoms with Crippen molar-refractivity contribution >= 4 is 28.3 Å². The standard InChI is InChI=1S/C19H21N5O3S/c1-2-3-4-5-8-13-21-16(20)14-18(22-13)24(19-15(26)11(25)10-27-19)17(23-14)12-7-6-9-28-12/h6-7,9,11,15,19,25-26H,2-4,10H2,1H3,(H2,20,21,22)/t11-,15-,19+/m0/s1. The van der Waals surface area contributed by atoms with E-state index in [2.05, 4.69) is 33.7 Å². The van der Waals surface area contributed by atoms with Crippen molar-refractivity contribution in [1.82, 2.24) is 19.5 Å². The van der Waals surface area contributed by atoms with E-state index in [-0.39, 0.29) is 12.4 Å². The summed E-state index contributed by atoms with van der Waals surface area (Å²) in [6.07, 6.45) is -0.0866. The first-order chi connectivity index (χ1) is 13.6. The van der Waals surface area contributed by atoms with Crippen molar-refractivity contribution in [3.8, 4) is 22.5 Å². The molecule has 1 aliphatic heterocycles. The Morgan fingerprint density at radius 2 is 2.21 bits per heavy atom. The van der Waals surface area contributed by atoms with E-state index in [0.717, 1.165) is 24.1 Å². The zero-order valence-electron chi connectivity index (χ0n) is 15.4. The average Bonchev–Trinajstić information content (AvgIpc) is 3.39. The third-order valence-electron chi connectivity index (χ3n) is 4.54. The number of aliphatic hydroxyl groups is 2. The van der Waals surface area contributed by atoms with Gasteiger partial charge in [0, 0.05) is 6.42 Å². The smallest absolute Gasteiger partial charge is 0.208 e. The highest BCUT2D eigenvalue weighted by Gasteiger charge is 2.39. The minimum absolute atomic E-state index is 0.0274. The van der Waals surface area contributed by atoms with Crippen LogP contribution in [0, 0.1) is 11.8 Å². The molecule has 3 aromatic rings. The largest absolute Gasteiger partial charge is 0.388 e. The molecule has 0 amide bonds. The highest BCUT2D eigenvalue weighted by molar-refractivity contribution is 7.13. The van der Waals surface area contributed by atoms with Gasteiger partial charge in [0.25, 0.3) is 0 Å². The number of anilines is 1. The number of aliphatic hydroxyl groups excluding tert-OH is 2. The van der Waals surface area contributed by atoms with Crippen LogP contribution in [0.4, 0.5) is 5.82 Å². The van der Waals surface area contributed by atoms with Crippen LogP contribution in [0.3, 0.4) is 0 Å². The fourth-order valence-corrected chi connectivity index (χ4v) is 3.80. The van der Waals surface area contributed by atoms with E-state index >= 15 is 0 Å². The molecule has 0 aromatic carbocycles. The molecular weight excluding hydrogens is 378 g/mol. The number of hydrogen-bond acceptors (Lipinski definition) is 8. The van der Waals surface area contributed by atoms with Crippen molar-refractivity contribution in [2.75, 3.05) is 12.3 Å². The maximum atomic E-state index is 10.4. The van der Waals surface area contributed by atoms with Gasteiger partial charge in [-0.05, 0) is 23.8 Å². The summed E-state index contributed by atoms with van der Waals surface area (Å²) in [6, 6.07) is 3.82. The molecule has 4 heterocycles. The van der Waals surface area contributed by atoms with Crippen LogP contribution < -0.4 is 5.73 Å². The van der Waals surface area contributed by atoms with Gasteiger partial charge in [-0.2, -0.15) is 0 Å². The number of aromatic nitrogens is 4. The third kappa shape index (κ3) is 3.36. The SMILES string of the molecule is CCCCC#Cc1nc(N)c2nc(-c3cccs3)n([C@@H]3OC[C@H](O)[C@@H]3O)c2n1. The lowest BCUT2D eigenvalue weighted by molar-refractivity contribution is -0.0152. The van der Waals surface area contributed by atoms with Gasteiger partial charge in [-0.1, -0.05) is 25.3 Å². The lowest BCUT2D eigenvalue weighted by Gasteiger charge is -2.19. The Bertz CT molecular complexity index is 1040. The van der Waals surface area contributed by atoms with Gasteiger partial charge in [0.2, 0.25) is 5.82 Å². The van der Waals surface area contributed by atoms with Crippen molar-refractivity contribution < 1.29 is 14.9 Å². The summed E-state index contributed by atoms with van der Waals surface area (Å²) >= 11 is 1.50. The van der Waals surface area contributed by atoms with Crippen LogP contribution in [0.2, 0.25) is 0 Å². The van der Waals surface area contributed by atoms with E-state index in [1.165, 1.54) is 11.3 Å². The second-order valence-corrected chi connectivity index (χ2v) is 7.52. The Morgan fingerprint density at radius 1 is 1.36 bits per heavy atom. The number of rotatable bonds is 4. The number of fused-ring (bicyclic) bond motifs is 1. The maximum absolute atomic E-state index is 10.4. The van der Waals surface area contributed by atoms with E-state index in [1.807, 2.05) is 17.5 Å². The van der Waals surface area contributed by atoms with Crippen molar-refractivity contribution in [3.63, 3.8) is 0 Å². The molecule has 28 heavy (non-hydrogen) atoms. The van der Waals surface area contributed by atoms with Crippen molar-refractivity contribution in [3.05, 3.63) is 23.3 Å². The van der Waals surface area contributed by atoms with Crippen LogP contribution in [0.25, 0.3) is 21.9 Å². The summed E-state index contributed by atoms with van der Waals surface area (Å²) in [5.41, 5.74) is 6.98. The van der Waals surface area contributed by atoms with E-state index in [0.29, 0.717) is 22.8 Å². The van der Waals surface area contributed by atoms with Crippen LogP contribution in [-0.4, -0.2) is 48.5 Å². The van der Waals surface area contributed by atoms with Crippen molar-refractivity contribution in [2.45, 2.75) is 44.6 Å². The van der Waals surface area contributed by atoms with Gasteiger partial charge < -0.3 is 20.7 Å². The molecule has 1 saturated heterocycles. The van der Waals surface area contributed by atoms with E-state index in [4.69, 9.17) is 10.5 Å². The topological polar surface area (TPSA) is 119 Å². The predicted octanol–water partition coefficient (Wildman–Crippen LogP) is 1.93. The minimum Gasteiger partial charge on any atom is -0.388 e. The summed E-state index contributed by atoms with van der Waals surface area (Å²) in [5.74, 6) is 7.08.